The third-order valence-electron chi connectivity index (χ3n) is 2.12. The largest absolute Gasteiger partial charge is 0.369 e. The molecule has 1 aromatic carbocycles. The van der Waals surface area contributed by atoms with Gasteiger partial charge in [0.25, 0.3) is 0 Å². The van der Waals surface area contributed by atoms with Crippen LogP contribution in [0.1, 0.15) is 30.9 Å². The predicted octanol–water partition coefficient (Wildman–Crippen LogP) is 3.01. The lowest BCUT2D eigenvalue weighted by molar-refractivity contribution is 0.198. The van der Waals surface area contributed by atoms with Crippen molar-refractivity contribution < 1.29 is 4.74 Å². The Balaban J connectivity index is 2.78. The zero-order valence-corrected chi connectivity index (χ0v) is 9.42. The van der Waals surface area contributed by atoms with Gasteiger partial charge in [-0.1, -0.05) is 43.9 Å². The molecule has 1 nitrogen and oxygen atoms in total. The molecule has 0 aliphatic heterocycles. The average molecular weight is 201 g/mol. The number of hydrogen-bond acceptors (Lipinski definition) is 1. The van der Waals surface area contributed by atoms with E-state index < -0.39 is 0 Å². The summed E-state index contributed by atoms with van der Waals surface area (Å²) >= 11 is 0. The third kappa shape index (κ3) is 3.77. The van der Waals surface area contributed by atoms with E-state index in [0.717, 1.165) is 5.56 Å². The highest BCUT2D eigenvalue weighted by atomic mass is 16.5. The number of rotatable bonds is 3. The van der Waals surface area contributed by atoms with Gasteiger partial charge in [0.15, 0.2) is 0 Å². The molecule has 1 heteroatoms. The first-order valence-corrected chi connectivity index (χ1v) is 5.20. The third-order valence-corrected chi connectivity index (χ3v) is 2.12. The van der Waals surface area contributed by atoms with E-state index in [1.54, 1.807) is 0 Å². The molecular weight excluding hydrogens is 184 g/mol. The zero-order valence-electron chi connectivity index (χ0n) is 9.42. The fourth-order valence-corrected chi connectivity index (χ4v) is 1.37. The summed E-state index contributed by atoms with van der Waals surface area (Å²) in [6.07, 6.45) is 0. The molecule has 0 aliphatic carbocycles. The molecule has 0 N–H and O–H groups in total. The lowest BCUT2D eigenvalue weighted by Crippen LogP contribution is -1.93. The second-order valence-electron chi connectivity index (χ2n) is 3.60. The summed E-state index contributed by atoms with van der Waals surface area (Å²) in [5.74, 6) is 6.62. The molecule has 0 spiro atoms. The molecule has 1 radical (unpaired) electrons. The van der Waals surface area contributed by atoms with E-state index in [4.69, 9.17) is 4.74 Å². The van der Waals surface area contributed by atoms with Gasteiger partial charge in [0.1, 0.15) is 6.61 Å². The minimum atomic E-state index is 0.454. The summed E-state index contributed by atoms with van der Waals surface area (Å²) < 4.78 is 5.07. The summed E-state index contributed by atoms with van der Waals surface area (Å²) in [4.78, 5) is 0. The quantitative estimate of drug-likeness (QED) is 0.539. The maximum atomic E-state index is 5.07. The first-order chi connectivity index (χ1) is 7.25. The lowest BCUT2D eigenvalue weighted by Gasteiger charge is -2.07. The van der Waals surface area contributed by atoms with E-state index in [-0.39, 0.29) is 0 Å². The van der Waals surface area contributed by atoms with Gasteiger partial charge < -0.3 is 4.74 Å². The Morgan fingerprint density at radius 1 is 1.33 bits per heavy atom. The van der Waals surface area contributed by atoms with Crippen LogP contribution in [0, 0.1) is 18.8 Å². The highest BCUT2D eigenvalue weighted by molar-refractivity contribution is 5.42. The molecule has 79 valence electrons. The molecule has 0 amide bonds. The molecule has 0 fully saturated rings. The molecule has 0 saturated heterocycles. The fourth-order valence-electron chi connectivity index (χ4n) is 1.37. The van der Waals surface area contributed by atoms with E-state index >= 15 is 0 Å². The summed E-state index contributed by atoms with van der Waals surface area (Å²) in [6.45, 7) is 8.86. The van der Waals surface area contributed by atoms with Crippen LogP contribution in [-0.4, -0.2) is 13.2 Å². The Morgan fingerprint density at radius 3 is 2.73 bits per heavy atom. The Kier molecular flexibility index (Phi) is 4.93. The van der Waals surface area contributed by atoms with Gasteiger partial charge in [0, 0.05) is 12.2 Å². The Hall–Kier alpha value is -1.26. The van der Waals surface area contributed by atoms with Gasteiger partial charge in [0.2, 0.25) is 0 Å². The van der Waals surface area contributed by atoms with Crippen LogP contribution in [0.3, 0.4) is 0 Å². The van der Waals surface area contributed by atoms with Crippen LogP contribution in [-0.2, 0) is 4.74 Å². The van der Waals surface area contributed by atoms with Crippen molar-refractivity contribution in [3.63, 3.8) is 0 Å². The Labute approximate surface area is 92.5 Å². The topological polar surface area (TPSA) is 9.23 Å². The molecule has 0 heterocycles. The monoisotopic (exact) mass is 201 g/mol. The van der Waals surface area contributed by atoms with Crippen molar-refractivity contribution in [1.82, 2.24) is 0 Å². The average Bonchev–Trinajstić information content (AvgIpc) is 2.25. The van der Waals surface area contributed by atoms with Crippen molar-refractivity contribution in [2.24, 2.45) is 0 Å². The first-order valence-electron chi connectivity index (χ1n) is 5.20. The van der Waals surface area contributed by atoms with E-state index in [9.17, 15) is 0 Å². The van der Waals surface area contributed by atoms with Crippen molar-refractivity contribution in [1.29, 1.82) is 0 Å². The summed E-state index contributed by atoms with van der Waals surface area (Å²) in [5, 5.41) is 0. The van der Waals surface area contributed by atoms with Crippen molar-refractivity contribution in [3.8, 4) is 11.8 Å². The number of ether oxygens (including phenoxy) is 1. The van der Waals surface area contributed by atoms with Gasteiger partial charge in [-0.05, 0) is 24.5 Å². The standard InChI is InChI=1S/C14H17O/c1-4-15-11-7-9-13-8-5-6-10-14(13)12(2)3/h5-6,8,10,12H,1,4,11H2,2-3H3. The second-order valence-corrected chi connectivity index (χ2v) is 3.60. The SMILES string of the molecule is [CH2]COCC#Cc1ccccc1C(C)C. The molecule has 0 atom stereocenters. The van der Waals surface area contributed by atoms with Gasteiger partial charge in [-0.2, -0.15) is 0 Å². The molecule has 0 aliphatic rings. The zero-order chi connectivity index (χ0) is 11.1. The van der Waals surface area contributed by atoms with E-state index in [0.29, 0.717) is 19.1 Å². The van der Waals surface area contributed by atoms with Crippen molar-refractivity contribution in [3.05, 3.63) is 42.3 Å². The molecule has 15 heavy (non-hydrogen) atoms. The fraction of sp³-hybridized carbons (Fsp3) is 0.357. The van der Waals surface area contributed by atoms with Crippen LogP contribution in [0.4, 0.5) is 0 Å². The lowest BCUT2D eigenvalue weighted by atomic mass is 9.98. The van der Waals surface area contributed by atoms with Crippen molar-refractivity contribution in [2.75, 3.05) is 13.2 Å². The van der Waals surface area contributed by atoms with Crippen LogP contribution in [0.5, 0.6) is 0 Å². The van der Waals surface area contributed by atoms with Gasteiger partial charge in [-0.25, -0.2) is 0 Å². The first kappa shape index (κ1) is 11.8. The summed E-state index contributed by atoms with van der Waals surface area (Å²) in [6, 6.07) is 8.23. The van der Waals surface area contributed by atoms with Crippen LogP contribution >= 0.6 is 0 Å². The van der Waals surface area contributed by atoms with Gasteiger partial charge in [0.05, 0.1) is 0 Å². The minimum Gasteiger partial charge on any atom is -0.369 e. The van der Waals surface area contributed by atoms with E-state index in [2.05, 4.69) is 38.7 Å². The van der Waals surface area contributed by atoms with Gasteiger partial charge >= 0.3 is 0 Å². The molecule has 1 aromatic rings. The van der Waals surface area contributed by atoms with Crippen LogP contribution in [0.25, 0.3) is 0 Å². The predicted molar refractivity (Wildman–Crippen MR) is 63.6 cm³/mol. The molecule has 0 unspecified atom stereocenters. The summed E-state index contributed by atoms with van der Waals surface area (Å²) in [5.41, 5.74) is 2.39. The van der Waals surface area contributed by atoms with Gasteiger partial charge in [-0.3, -0.25) is 0 Å². The molecule has 0 bridgehead atoms. The van der Waals surface area contributed by atoms with E-state index in [1.165, 1.54) is 5.56 Å². The van der Waals surface area contributed by atoms with E-state index in [1.807, 2.05) is 18.2 Å². The normalized spacial score (nSPS) is 9.87. The Morgan fingerprint density at radius 2 is 2.07 bits per heavy atom. The highest BCUT2D eigenvalue weighted by Crippen LogP contribution is 2.17. The van der Waals surface area contributed by atoms with Gasteiger partial charge in [-0.15, -0.1) is 0 Å². The van der Waals surface area contributed by atoms with Crippen LogP contribution in [0.2, 0.25) is 0 Å². The highest BCUT2D eigenvalue weighted by Gasteiger charge is 2.02. The molecule has 1 rings (SSSR count). The molecule has 0 saturated carbocycles. The second kappa shape index (κ2) is 6.27. The van der Waals surface area contributed by atoms with Crippen LogP contribution < -0.4 is 0 Å². The smallest absolute Gasteiger partial charge is 0.108 e. The maximum absolute atomic E-state index is 5.07. The van der Waals surface area contributed by atoms with Crippen LogP contribution in [0.15, 0.2) is 24.3 Å². The number of hydrogen-bond donors (Lipinski definition) is 0. The maximum Gasteiger partial charge on any atom is 0.108 e. The summed E-state index contributed by atoms with van der Waals surface area (Å²) in [7, 11) is 0. The van der Waals surface area contributed by atoms with Crippen molar-refractivity contribution in [2.45, 2.75) is 19.8 Å². The number of benzene rings is 1. The molecular formula is C14H17O. The minimum absolute atomic E-state index is 0.454. The Bertz CT molecular complexity index is 355. The van der Waals surface area contributed by atoms with Crippen molar-refractivity contribution >= 4 is 0 Å². The molecule has 0 aromatic heterocycles.